The van der Waals surface area contributed by atoms with Crippen molar-refractivity contribution < 1.29 is 10.0 Å². The minimum Gasteiger partial charge on any atom is -0.386 e. The molecule has 0 bridgehead atoms. The number of hydrogen-bond acceptors (Lipinski definition) is 6. The number of nitro groups is 1. The maximum atomic E-state index is 10.7. The Hall–Kier alpha value is -2.78. The lowest BCUT2D eigenvalue weighted by Gasteiger charge is -2.24. The van der Waals surface area contributed by atoms with Crippen LogP contribution in [0.4, 0.5) is 17.2 Å². The number of thiocarbonyl (C=S) groups is 1. The molecular formula is C15H17N5O3S. The van der Waals surface area contributed by atoms with Crippen LogP contribution in [0.15, 0.2) is 42.6 Å². The number of pyridine rings is 1. The van der Waals surface area contributed by atoms with E-state index in [1.54, 1.807) is 26.0 Å². The van der Waals surface area contributed by atoms with Crippen molar-refractivity contribution in [1.29, 1.82) is 0 Å². The standard InChI is InChI=1S/C15H17N5O3S/c1-15(2,21)10-3-8-13(17-9-10)18-19(14(16)24)11-4-6-12(7-5-11)20(22)23/h3-9,21H,1-2H3,(H2,16,24)(H,17,18). The topological polar surface area (TPSA) is 118 Å². The van der Waals surface area contributed by atoms with Crippen molar-refractivity contribution in [3.8, 4) is 0 Å². The van der Waals surface area contributed by atoms with Crippen LogP contribution in [0, 0.1) is 10.1 Å². The van der Waals surface area contributed by atoms with Crippen molar-refractivity contribution in [2.24, 2.45) is 5.73 Å². The first-order valence-electron chi connectivity index (χ1n) is 6.98. The van der Waals surface area contributed by atoms with Crippen LogP contribution >= 0.6 is 12.2 Å². The minimum absolute atomic E-state index is 0.0252. The summed E-state index contributed by atoms with van der Waals surface area (Å²) in [6.07, 6.45) is 1.54. The molecule has 0 unspecified atom stereocenters. The van der Waals surface area contributed by atoms with Gasteiger partial charge in [-0.3, -0.25) is 15.5 Å². The second-order valence-electron chi connectivity index (χ2n) is 5.55. The molecule has 8 nitrogen and oxygen atoms in total. The molecule has 0 fully saturated rings. The Kier molecular flexibility index (Phi) is 4.96. The molecule has 0 spiro atoms. The van der Waals surface area contributed by atoms with Gasteiger partial charge in [0.05, 0.1) is 16.2 Å². The second kappa shape index (κ2) is 6.77. The highest BCUT2D eigenvalue weighted by atomic mass is 32.1. The van der Waals surface area contributed by atoms with E-state index in [-0.39, 0.29) is 10.8 Å². The van der Waals surface area contributed by atoms with E-state index in [1.165, 1.54) is 35.5 Å². The highest BCUT2D eigenvalue weighted by Crippen LogP contribution is 2.22. The molecule has 0 amide bonds. The van der Waals surface area contributed by atoms with Crippen molar-refractivity contribution >= 4 is 34.5 Å². The predicted molar refractivity (Wildman–Crippen MR) is 95.5 cm³/mol. The average Bonchev–Trinajstić information content (AvgIpc) is 2.52. The first-order valence-corrected chi connectivity index (χ1v) is 7.39. The molecular weight excluding hydrogens is 330 g/mol. The first-order chi connectivity index (χ1) is 11.2. The smallest absolute Gasteiger partial charge is 0.269 e. The molecule has 24 heavy (non-hydrogen) atoms. The number of nitrogens with two attached hydrogens (primary N) is 1. The number of nitrogens with one attached hydrogen (secondary N) is 1. The molecule has 4 N–H and O–H groups in total. The largest absolute Gasteiger partial charge is 0.386 e. The van der Waals surface area contributed by atoms with Gasteiger partial charge in [0, 0.05) is 23.9 Å². The van der Waals surface area contributed by atoms with Gasteiger partial charge in [0.1, 0.15) is 5.82 Å². The molecule has 126 valence electrons. The van der Waals surface area contributed by atoms with Gasteiger partial charge < -0.3 is 10.8 Å². The van der Waals surface area contributed by atoms with E-state index in [2.05, 4.69) is 10.4 Å². The number of hydrogen-bond donors (Lipinski definition) is 3. The van der Waals surface area contributed by atoms with Crippen LogP contribution in [-0.2, 0) is 5.60 Å². The lowest BCUT2D eigenvalue weighted by molar-refractivity contribution is -0.384. The molecule has 0 aliphatic rings. The van der Waals surface area contributed by atoms with Gasteiger partial charge in [-0.25, -0.2) is 9.99 Å². The van der Waals surface area contributed by atoms with Gasteiger partial charge in [0.15, 0.2) is 5.11 Å². The normalized spacial score (nSPS) is 11.0. The molecule has 9 heteroatoms. The van der Waals surface area contributed by atoms with Crippen molar-refractivity contribution in [1.82, 2.24) is 4.98 Å². The molecule has 0 aliphatic heterocycles. The molecule has 2 rings (SSSR count). The Morgan fingerprint density at radius 3 is 2.38 bits per heavy atom. The summed E-state index contributed by atoms with van der Waals surface area (Å²) in [6, 6.07) is 9.15. The maximum absolute atomic E-state index is 10.7. The van der Waals surface area contributed by atoms with Gasteiger partial charge in [-0.1, -0.05) is 6.07 Å². The van der Waals surface area contributed by atoms with E-state index in [0.717, 1.165) is 0 Å². The zero-order chi connectivity index (χ0) is 17.9. The van der Waals surface area contributed by atoms with Crippen LogP contribution in [0.3, 0.4) is 0 Å². The molecule has 1 aromatic heterocycles. The third-order valence-corrected chi connectivity index (χ3v) is 3.42. The average molecular weight is 347 g/mol. The van der Waals surface area contributed by atoms with E-state index >= 15 is 0 Å². The van der Waals surface area contributed by atoms with Crippen molar-refractivity contribution in [3.63, 3.8) is 0 Å². The van der Waals surface area contributed by atoms with Gasteiger partial charge in [-0.05, 0) is 44.3 Å². The summed E-state index contributed by atoms with van der Waals surface area (Å²) in [4.78, 5) is 14.4. The number of nitro benzene ring substituents is 1. The molecule has 1 heterocycles. The summed E-state index contributed by atoms with van der Waals surface area (Å²) in [5.41, 5.74) is 8.79. The minimum atomic E-state index is -0.993. The summed E-state index contributed by atoms with van der Waals surface area (Å²) < 4.78 is 0. The molecule has 0 saturated heterocycles. The van der Waals surface area contributed by atoms with E-state index in [9.17, 15) is 15.2 Å². The Balaban J connectivity index is 2.22. The highest BCUT2D eigenvalue weighted by molar-refractivity contribution is 7.80. The van der Waals surface area contributed by atoms with E-state index in [1.807, 2.05) is 0 Å². The van der Waals surface area contributed by atoms with Gasteiger partial charge in [-0.2, -0.15) is 0 Å². The zero-order valence-corrected chi connectivity index (χ0v) is 13.9. The lowest BCUT2D eigenvalue weighted by atomic mass is 10.0. The Morgan fingerprint density at radius 2 is 1.96 bits per heavy atom. The van der Waals surface area contributed by atoms with Gasteiger partial charge in [0.25, 0.3) is 5.69 Å². The fourth-order valence-electron chi connectivity index (χ4n) is 1.91. The molecule has 2 aromatic rings. The number of aliphatic hydroxyl groups is 1. The quantitative estimate of drug-likeness (QED) is 0.428. The summed E-state index contributed by atoms with van der Waals surface area (Å²) in [7, 11) is 0. The molecule has 0 saturated carbocycles. The number of anilines is 2. The van der Waals surface area contributed by atoms with Crippen LogP contribution in [0.5, 0.6) is 0 Å². The molecule has 1 aromatic carbocycles. The Morgan fingerprint density at radius 1 is 1.33 bits per heavy atom. The summed E-state index contributed by atoms with van der Waals surface area (Å²) in [5.74, 6) is 0.453. The maximum Gasteiger partial charge on any atom is 0.269 e. The van der Waals surface area contributed by atoms with Crippen molar-refractivity contribution in [3.05, 3.63) is 58.3 Å². The van der Waals surface area contributed by atoms with Crippen LogP contribution < -0.4 is 16.2 Å². The Bertz CT molecular complexity index is 741. The van der Waals surface area contributed by atoms with Crippen molar-refractivity contribution in [2.45, 2.75) is 19.4 Å². The van der Waals surface area contributed by atoms with Gasteiger partial charge in [-0.15, -0.1) is 0 Å². The summed E-state index contributed by atoms with van der Waals surface area (Å²) in [5, 5.41) is 22.1. The van der Waals surface area contributed by atoms with E-state index in [0.29, 0.717) is 17.1 Å². The fourth-order valence-corrected chi connectivity index (χ4v) is 2.06. The first kappa shape index (κ1) is 17.6. The molecule has 0 aliphatic carbocycles. The monoisotopic (exact) mass is 347 g/mol. The summed E-state index contributed by atoms with van der Waals surface area (Å²) >= 11 is 5.01. The number of non-ortho nitro benzene ring substituents is 1. The van der Waals surface area contributed by atoms with Crippen LogP contribution in [0.2, 0.25) is 0 Å². The van der Waals surface area contributed by atoms with Gasteiger partial charge in [0.2, 0.25) is 0 Å². The number of hydrazine groups is 1. The zero-order valence-electron chi connectivity index (χ0n) is 13.1. The summed E-state index contributed by atoms with van der Waals surface area (Å²) in [6.45, 7) is 3.32. The second-order valence-corrected chi connectivity index (χ2v) is 5.97. The van der Waals surface area contributed by atoms with Crippen LogP contribution in [0.25, 0.3) is 0 Å². The number of benzene rings is 1. The third-order valence-electron chi connectivity index (χ3n) is 3.24. The number of nitrogens with zero attached hydrogens (tertiary/aromatic N) is 3. The highest BCUT2D eigenvalue weighted by Gasteiger charge is 2.17. The SMILES string of the molecule is CC(C)(O)c1ccc(NN(C(N)=S)c2ccc([N+](=O)[O-])cc2)nc1. The molecule has 0 atom stereocenters. The fraction of sp³-hybridized carbons (Fsp3) is 0.200. The third kappa shape index (κ3) is 4.15. The van der Waals surface area contributed by atoms with E-state index in [4.69, 9.17) is 18.0 Å². The lowest BCUT2D eigenvalue weighted by Crippen LogP contribution is -2.40. The van der Waals surface area contributed by atoms with Gasteiger partial charge >= 0.3 is 0 Å². The Labute approximate surface area is 144 Å². The predicted octanol–water partition coefficient (Wildman–Crippen LogP) is 2.29. The number of rotatable bonds is 5. The van der Waals surface area contributed by atoms with Crippen LogP contribution in [-0.4, -0.2) is 20.1 Å². The van der Waals surface area contributed by atoms with E-state index < -0.39 is 10.5 Å². The number of aromatic nitrogens is 1. The molecule has 0 radical (unpaired) electrons. The van der Waals surface area contributed by atoms with Crippen molar-refractivity contribution in [2.75, 3.05) is 10.4 Å². The van der Waals surface area contributed by atoms with Crippen LogP contribution in [0.1, 0.15) is 19.4 Å².